The van der Waals surface area contributed by atoms with Crippen LogP contribution in [0, 0.1) is 19.8 Å². The highest BCUT2D eigenvalue weighted by Gasteiger charge is 2.25. The molecule has 2 unspecified atom stereocenters. The van der Waals surface area contributed by atoms with Crippen molar-refractivity contribution in [2.45, 2.75) is 38.5 Å². The van der Waals surface area contributed by atoms with E-state index < -0.39 is 0 Å². The van der Waals surface area contributed by atoms with Gasteiger partial charge in [-0.1, -0.05) is 18.6 Å². The van der Waals surface area contributed by atoms with E-state index in [-0.39, 0.29) is 11.3 Å². The monoisotopic (exact) mass is 265 g/mol. The number of halogens is 1. The lowest BCUT2D eigenvalue weighted by Gasteiger charge is -2.15. The number of benzene rings is 1. The highest BCUT2D eigenvalue weighted by atomic mass is 35.5. The van der Waals surface area contributed by atoms with Gasteiger partial charge in [-0.15, -0.1) is 11.6 Å². The molecule has 0 radical (unpaired) electrons. The Morgan fingerprint density at radius 1 is 1.39 bits per heavy atom. The van der Waals surface area contributed by atoms with Gasteiger partial charge >= 0.3 is 0 Å². The summed E-state index contributed by atoms with van der Waals surface area (Å²) in [5.41, 5.74) is 2.99. The smallest absolute Gasteiger partial charge is 0.251 e. The number of nitrogens with one attached hydrogen (secondary N) is 1. The van der Waals surface area contributed by atoms with E-state index in [0.717, 1.165) is 29.5 Å². The Hall–Kier alpha value is -1.02. The summed E-state index contributed by atoms with van der Waals surface area (Å²) in [6.45, 7) is 4.71. The molecule has 1 aromatic rings. The fourth-order valence-electron chi connectivity index (χ4n) is 2.54. The van der Waals surface area contributed by atoms with Gasteiger partial charge in [0.15, 0.2) is 0 Å². The average Bonchev–Trinajstić information content (AvgIpc) is 2.75. The number of carbonyl (C=O) groups excluding carboxylic acids is 1. The van der Waals surface area contributed by atoms with E-state index in [1.54, 1.807) is 0 Å². The van der Waals surface area contributed by atoms with Crippen molar-refractivity contribution in [3.8, 4) is 0 Å². The minimum Gasteiger partial charge on any atom is -0.352 e. The molecule has 0 spiro atoms. The molecular formula is C15H20ClNO. The number of amides is 1. The summed E-state index contributed by atoms with van der Waals surface area (Å²) in [5.74, 6) is 0.452. The zero-order chi connectivity index (χ0) is 13.1. The average molecular weight is 266 g/mol. The maximum atomic E-state index is 12.1. The molecule has 0 saturated heterocycles. The largest absolute Gasteiger partial charge is 0.352 e. The zero-order valence-corrected chi connectivity index (χ0v) is 11.8. The first-order valence-electron chi connectivity index (χ1n) is 6.58. The highest BCUT2D eigenvalue weighted by molar-refractivity contribution is 6.21. The molecule has 2 nitrogen and oxygen atoms in total. The summed E-state index contributed by atoms with van der Waals surface area (Å²) < 4.78 is 0. The maximum Gasteiger partial charge on any atom is 0.251 e. The molecule has 0 heterocycles. The van der Waals surface area contributed by atoms with Crippen LogP contribution in [0.15, 0.2) is 18.2 Å². The molecule has 0 aromatic heterocycles. The number of carbonyl (C=O) groups is 1. The molecule has 2 atom stereocenters. The van der Waals surface area contributed by atoms with Crippen molar-refractivity contribution in [1.29, 1.82) is 0 Å². The summed E-state index contributed by atoms with van der Waals surface area (Å²) in [5, 5.41) is 3.24. The second-order valence-corrected chi connectivity index (χ2v) is 5.73. The van der Waals surface area contributed by atoms with Crippen LogP contribution in [0.5, 0.6) is 0 Å². The fraction of sp³-hybridized carbons (Fsp3) is 0.533. The predicted molar refractivity (Wildman–Crippen MR) is 75.2 cm³/mol. The summed E-state index contributed by atoms with van der Waals surface area (Å²) in [6, 6.07) is 5.83. The van der Waals surface area contributed by atoms with Crippen LogP contribution in [0.1, 0.15) is 40.7 Å². The molecule has 1 aliphatic rings. The Balaban J connectivity index is 1.97. The van der Waals surface area contributed by atoms with E-state index in [1.165, 1.54) is 6.42 Å². The van der Waals surface area contributed by atoms with Crippen LogP contribution in [0.3, 0.4) is 0 Å². The van der Waals surface area contributed by atoms with Crippen LogP contribution in [-0.4, -0.2) is 17.8 Å². The third-order valence-electron chi connectivity index (χ3n) is 3.94. The second kappa shape index (κ2) is 5.75. The Morgan fingerprint density at radius 3 is 2.83 bits per heavy atom. The third-order valence-corrected chi connectivity index (χ3v) is 4.51. The molecule has 1 aliphatic carbocycles. The topological polar surface area (TPSA) is 29.1 Å². The van der Waals surface area contributed by atoms with E-state index in [2.05, 4.69) is 5.32 Å². The van der Waals surface area contributed by atoms with Crippen LogP contribution in [0.25, 0.3) is 0 Å². The van der Waals surface area contributed by atoms with Crippen LogP contribution in [-0.2, 0) is 0 Å². The van der Waals surface area contributed by atoms with Gasteiger partial charge in [0.2, 0.25) is 0 Å². The Morgan fingerprint density at radius 2 is 2.17 bits per heavy atom. The van der Waals surface area contributed by atoms with E-state index in [1.807, 2.05) is 32.0 Å². The molecule has 1 N–H and O–H groups in total. The summed E-state index contributed by atoms with van der Waals surface area (Å²) in [7, 11) is 0. The van der Waals surface area contributed by atoms with Crippen molar-refractivity contribution in [2.75, 3.05) is 6.54 Å². The van der Waals surface area contributed by atoms with Gasteiger partial charge in [0.05, 0.1) is 0 Å². The normalized spacial score (nSPS) is 23.1. The van der Waals surface area contributed by atoms with Gasteiger partial charge in [0, 0.05) is 17.5 Å². The molecular weight excluding hydrogens is 246 g/mol. The van der Waals surface area contributed by atoms with Crippen molar-refractivity contribution in [3.63, 3.8) is 0 Å². The van der Waals surface area contributed by atoms with E-state index in [0.29, 0.717) is 12.5 Å². The quantitative estimate of drug-likeness (QED) is 0.834. The summed E-state index contributed by atoms with van der Waals surface area (Å²) in [4.78, 5) is 12.1. The Labute approximate surface area is 114 Å². The van der Waals surface area contributed by atoms with Crippen molar-refractivity contribution < 1.29 is 4.79 Å². The number of alkyl halides is 1. The van der Waals surface area contributed by atoms with Crippen molar-refractivity contribution in [1.82, 2.24) is 5.32 Å². The van der Waals surface area contributed by atoms with Gasteiger partial charge in [0.25, 0.3) is 5.91 Å². The summed E-state index contributed by atoms with van der Waals surface area (Å²) >= 11 is 6.21. The molecule has 2 rings (SSSR count). The molecule has 98 valence electrons. The fourth-order valence-corrected chi connectivity index (χ4v) is 2.91. The first kappa shape index (κ1) is 13.4. The second-order valence-electron chi connectivity index (χ2n) is 5.16. The molecule has 18 heavy (non-hydrogen) atoms. The minimum absolute atomic E-state index is 0.0203. The van der Waals surface area contributed by atoms with Crippen molar-refractivity contribution >= 4 is 17.5 Å². The highest BCUT2D eigenvalue weighted by Crippen LogP contribution is 2.29. The first-order valence-corrected chi connectivity index (χ1v) is 7.01. The molecule has 1 amide bonds. The van der Waals surface area contributed by atoms with Crippen LogP contribution in [0.4, 0.5) is 0 Å². The van der Waals surface area contributed by atoms with E-state index in [9.17, 15) is 4.79 Å². The third kappa shape index (κ3) is 2.86. The molecule has 1 fully saturated rings. The molecule has 0 bridgehead atoms. The lowest BCUT2D eigenvalue weighted by atomic mass is 10.0. The standard InChI is InChI=1S/C15H20ClNO/c1-10-5-3-7-13(11(10)2)15(18)17-9-12-6-4-8-14(12)16/h3,5,7,12,14H,4,6,8-9H2,1-2H3,(H,17,18). The lowest BCUT2D eigenvalue weighted by Crippen LogP contribution is -2.31. The Kier molecular flexibility index (Phi) is 4.28. The van der Waals surface area contributed by atoms with E-state index in [4.69, 9.17) is 11.6 Å². The minimum atomic E-state index is 0.0203. The molecule has 1 aromatic carbocycles. The molecule has 0 aliphatic heterocycles. The molecule has 1 saturated carbocycles. The first-order chi connectivity index (χ1) is 8.59. The zero-order valence-electron chi connectivity index (χ0n) is 11.0. The number of hydrogen-bond acceptors (Lipinski definition) is 1. The van der Waals surface area contributed by atoms with Gasteiger partial charge in [-0.05, 0) is 49.8 Å². The van der Waals surface area contributed by atoms with Gasteiger partial charge in [-0.3, -0.25) is 4.79 Å². The van der Waals surface area contributed by atoms with Gasteiger partial charge in [-0.2, -0.15) is 0 Å². The predicted octanol–water partition coefficient (Wildman–Crippen LogP) is 3.44. The molecule has 3 heteroatoms. The maximum absolute atomic E-state index is 12.1. The summed E-state index contributed by atoms with van der Waals surface area (Å²) in [6.07, 6.45) is 3.38. The van der Waals surface area contributed by atoms with Gasteiger partial charge in [0.1, 0.15) is 0 Å². The number of rotatable bonds is 3. The number of aryl methyl sites for hydroxylation is 1. The van der Waals surface area contributed by atoms with Crippen LogP contribution < -0.4 is 5.32 Å². The van der Waals surface area contributed by atoms with Gasteiger partial charge in [-0.25, -0.2) is 0 Å². The van der Waals surface area contributed by atoms with Crippen molar-refractivity contribution in [2.24, 2.45) is 5.92 Å². The SMILES string of the molecule is Cc1cccc(C(=O)NCC2CCCC2Cl)c1C. The van der Waals surface area contributed by atoms with E-state index >= 15 is 0 Å². The van der Waals surface area contributed by atoms with Gasteiger partial charge < -0.3 is 5.32 Å². The number of hydrogen-bond donors (Lipinski definition) is 1. The van der Waals surface area contributed by atoms with Crippen LogP contribution >= 0.6 is 11.6 Å². The van der Waals surface area contributed by atoms with Crippen LogP contribution in [0.2, 0.25) is 0 Å². The van der Waals surface area contributed by atoms with Crippen molar-refractivity contribution in [3.05, 3.63) is 34.9 Å². The Bertz CT molecular complexity index is 444. The lowest BCUT2D eigenvalue weighted by molar-refractivity contribution is 0.0947.